The molecule has 7 nitrogen and oxygen atoms in total. The van der Waals surface area contributed by atoms with Crippen LogP contribution in [-0.4, -0.2) is 48.6 Å². The number of hydrogen-bond donors (Lipinski definition) is 2. The second kappa shape index (κ2) is 7.60. The summed E-state index contributed by atoms with van der Waals surface area (Å²) < 4.78 is 4.88. The third-order valence-electron chi connectivity index (χ3n) is 3.74. The fourth-order valence-electron chi connectivity index (χ4n) is 2.59. The fraction of sp³-hybridized carbons (Fsp3) is 0.643. The number of halogens is 1. The van der Waals surface area contributed by atoms with Gasteiger partial charge in [0.15, 0.2) is 5.82 Å². The van der Waals surface area contributed by atoms with Crippen molar-refractivity contribution in [1.82, 2.24) is 15.4 Å². The van der Waals surface area contributed by atoms with E-state index in [1.807, 2.05) is 6.92 Å². The van der Waals surface area contributed by atoms with E-state index in [-0.39, 0.29) is 30.8 Å². The molecule has 1 aromatic rings. The highest BCUT2D eigenvalue weighted by molar-refractivity contribution is 5.94. The number of rotatable bonds is 4. The predicted octanol–water partition coefficient (Wildman–Crippen LogP) is 1.19. The molecule has 8 heteroatoms. The van der Waals surface area contributed by atoms with Gasteiger partial charge in [-0.3, -0.25) is 9.59 Å². The summed E-state index contributed by atoms with van der Waals surface area (Å²) in [6.45, 7) is 5.28. The number of nitrogens with one attached hydrogen (secondary N) is 2. The normalized spacial score (nSPS) is 20.9. The first-order chi connectivity index (χ1) is 9.90. The number of aromatic nitrogens is 1. The lowest BCUT2D eigenvalue weighted by Gasteiger charge is -2.35. The number of aryl methyl sites for hydroxylation is 1. The minimum Gasteiger partial charge on any atom is -0.360 e. The van der Waals surface area contributed by atoms with Gasteiger partial charge in [0.25, 0.3) is 0 Å². The Hall–Kier alpha value is -1.60. The lowest BCUT2D eigenvalue weighted by molar-refractivity contribution is -0.142. The number of carbonyl (C=O) groups excluding carboxylic acids is 2. The Morgan fingerprint density at radius 1 is 1.55 bits per heavy atom. The summed E-state index contributed by atoms with van der Waals surface area (Å²) in [6.07, 6.45) is 1.81. The van der Waals surface area contributed by atoms with Crippen molar-refractivity contribution in [2.75, 3.05) is 32.0 Å². The van der Waals surface area contributed by atoms with Crippen LogP contribution in [0.2, 0.25) is 0 Å². The van der Waals surface area contributed by atoms with Crippen LogP contribution < -0.4 is 10.6 Å². The van der Waals surface area contributed by atoms with Gasteiger partial charge in [-0.2, -0.15) is 0 Å². The molecule has 0 bridgehead atoms. The number of piperidine rings is 1. The van der Waals surface area contributed by atoms with E-state index in [0.29, 0.717) is 18.1 Å². The molecule has 0 aromatic carbocycles. The van der Waals surface area contributed by atoms with Crippen molar-refractivity contribution < 1.29 is 14.1 Å². The maximum absolute atomic E-state index is 12.5. The lowest BCUT2D eigenvalue weighted by Crippen LogP contribution is -2.50. The zero-order valence-corrected chi connectivity index (χ0v) is 14.0. The van der Waals surface area contributed by atoms with Crippen molar-refractivity contribution in [2.24, 2.45) is 5.41 Å². The predicted molar refractivity (Wildman–Crippen MR) is 85.0 cm³/mol. The summed E-state index contributed by atoms with van der Waals surface area (Å²) in [5.41, 5.74) is -0.433. The van der Waals surface area contributed by atoms with Gasteiger partial charge in [-0.1, -0.05) is 5.16 Å². The largest absolute Gasteiger partial charge is 0.360 e. The van der Waals surface area contributed by atoms with Crippen LogP contribution in [0.4, 0.5) is 5.82 Å². The van der Waals surface area contributed by atoms with Crippen LogP contribution in [0.15, 0.2) is 10.6 Å². The molecule has 124 valence electrons. The molecule has 2 rings (SSSR count). The van der Waals surface area contributed by atoms with Gasteiger partial charge in [-0.05, 0) is 33.2 Å². The SMILES string of the molecule is Cc1cc(NC(=O)CN(C)C(=O)C2(C)CCCNC2)no1.Cl. The molecule has 0 saturated carbocycles. The van der Waals surface area contributed by atoms with Crippen LogP contribution in [0.1, 0.15) is 25.5 Å². The maximum atomic E-state index is 12.5. The molecule has 1 aromatic heterocycles. The Kier molecular flexibility index (Phi) is 6.37. The molecular formula is C14H23ClN4O3. The molecule has 1 saturated heterocycles. The molecule has 1 unspecified atom stereocenters. The van der Waals surface area contributed by atoms with Crippen molar-refractivity contribution in [3.8, 4) is 0 Å². The smallest absolute Gasteiger partial charge is 0.245 e. The number of amides is 2. The molecule has 1 atom stereocenters. The van der Waals surface area contributed by atoms with Crippen molar-refractivity contribution >= 4 is 30.0 Å². The van der Waals surface area contributed by atoms with Gasteiger partial charge in [0.05, 0.1) is 12.0 Å². The first-order valence-electron chi connectivity index (χ1n) is 7.10. The third-order valence-corrected chi connectivity index (χ3v) is 3.74. The van der Waals surface area contributed by atoms with Gasteiger partial charge < -0.3 is 20.1 Å². The topological polar surface area (TPSA) is 87.5 Å². The van der Waals surface area contributed by atoms with Gasteiger partial charge in [0, 0.05) is 19.7 Å². The van der Waals surface area contributed by atoms with E-state index in [1.54, 1.807) is 20.0 Å². The highest BCUT2D eigenvalue weighted by Crippen LogP contribution is 2.27. The fourth-order valence-corrected chi connectivity index (χ4v) is 2.59. The van der Waals surface area contributed by atoms with Crippen LogP contribution in [0.3, 0.4) is 0 Å². The Balaban J connectivity index is 0.00000242. The van der Waals surface area contributed by atoms with E-state index in [1.165, 1.54) is 4.90 Å². The second-order valence-corrected chi connectivity index (χ2v) is 5.87. The summed E-state index contributed by atoms with van der Waals surface area (Å²) in [4.78, 5) is 25.9. The summed E-state index contributed by atoms with van der Waals surface area (Å²) in [5, 5.41) is 9.54. The number of hydrogen-bond acceptors (Lipinski definition) is 5. The van der Waals surface area contributed by atoms with E-state index >= 15 is 0 Å². The van der Waals surface area contributed by atoms with Crippen molar-refractivity contribution in [1.29, 1.82) is 0 Å². The first kappa shape index (κ1) is 18.4. The van der Waals surface area contributed by atoms with Gasteiger partial charge in [0.2, 0.25) is 11.8 Å². The summed E-state index contributed by atoms with van der Waals surface area (Å²) in [5.74, 6) is 0.687. The Morgan fingerprint density at radius 3 is 2.82 bits per heavy atom. The van der Waals surface area contributed by atoms with Gasteiger partial charge in [-0.15, -0.1) is 12.4 Å². The minimum absolute atomic E-state index is 0. The van der Waals surface area contributed by atoms with Crippen molar-refractivity contribution in [3.05, 3.63) is 11.8 Å². The molecule has 1 fully saturated rings. The third kappa shape index (κ3) is 4.45. The van der Waals surface area contributed by atoms with E-state index in [9.17, 15) is 9.59 Å². The molecule has 0 spiro atoms. The quantitative estimate of drug-likeness (QED) is 0.866. The highest BCUT2D eigenvalue weighted by atomic mass is 35.5. The molecule has 0 radical (unpaired) electrons. The zero-order valence-electron chi connectivity index (χ0n) is 13.1. The second-order valence-electron chi connectivity index (χ2n) is 5.87. The van der Waals surface area contributed by atoms with Crippen LogP contribution in [0.25, 0.3) is 0 Å². The average Bonchev–Trinajstić information content (AvgIpc) is 2.83. The minimum atomic E-state index is -0.433. The average molecular weight is 331 g/mol. The molecular weight excluding hydrogens is 308 g/mol. The molecule has 22 heavy (non-hydrogen) atoms. The van der Waals surface area contributed by atoms with E-state index in [4.69, 9.17) is 4.52 Å². The summed E-state index contributed by atoms with van der Waals surface area (Å²) >= 11 is 0. The molecule has 2 heterocycles. The molecule has 2 N–H and O–H groups in total. The van der Waals surface area contributed by atoms with Gasteiger partial charge in [-0.25, -0.2) is 0 Å². The lowest BCUT2D eigenvalue weighted by atomic mass is 9.81. The van der Waals surface area contributed by atoms with E-state index in [0.717, 1.165) is 19.4 Å². The number of carbonyl (C=O) groups is 2. The van der Waals surface area contributed by atoms with E-state index in [2.05, 4.69) is 15.8 Å². The number of anilines is 1. The van der Waals surface area contributed by atoms with Crippen LogP contribution in [0.5, 0.6) is 0 Å². The summed E-state index contributed by atoms with van der Waals surface area (Å²) in [7, 11) is 1.65. The Labute approximate surface area is 136 Å². The maximum Gasteiger partial charge on any atom is 0.245 e. The van der Waals surface area contributed by atoms with Gasteiger partial charge >= 0.3 is 0 Å². The Morgan fingerprint density at radius 2 is 2.27 bits per heavy atom. The first-order valence-corrected chi connectivity index (χ1v) is 7.10. The van der Waals surface area contributed by atoms with E-state index < -0.39 is 5.41 Å². The number of likely N-dealkylation sites (N-methyl/N-ethyl adjacent to an activating group) is 1. The zero-order chi connectivity index (χ0) is 15.5. The van der Waals surface area contributed by atoms with Crippen molar-refractivity contribution in [3.63, 3.8) is 0 Å². The standard InChI is InChI=1S/C14H22N4O3.ClH/c1-10-7-11(17-21-10)16-12(19)8-18(3)13(20)14(2)5-4-6-15-9-14;/h7,15H,4-6,8-9H2,1-3H3,(H,16,17,19);1H. The van der Waals surface area contributed by atoms with Crippen LogP contribution >= 0.6 is 12.4 Å². The molecule has 1 aliphatic rings. The summed E-state index contributed by atoms with van der Waals surface area (Å²) in [6, 6.07) is 1.63. The monoisotopic (exact) mass is 330 g/mol. The molecule has 0 aliphatic carbocycles. The van der Waals surface area contributed by atoms with Crippen LogP contribution in [0, 0.1) is 12.3 Å². The van der Waals surface area contributed by atoms with Gasteiger partial charge in [0.1, 0.15) is 5.76 Å². The molecule has 1 aliphatic heterocycles. The van der Waals surface area contributed by atoms with Crippen molar-refractivity contribution in [2.45, 2.75) is 26.7 Å². The number of nitrogens with zero attached hydrogens (tertiary/aromatic N) is 2. The van der Waals surface area contributed by atoms with Crippen LogP contribution in [-0.2, 0) is 9.59 Å². The highest BCUT2D eigenvalue weighted by Gasteiger charge is 2.37. The molecule has 2 amide bonds. The Bertz CT molecular complexity index is 526.